The lowest BCUT2D eigenvalue weighted by Gasteiger charge is -2.34. The Morgan fingerprint density at radius 1 is 1.08 bits per heavy atom. The van der Waals surface area contributed by atoms with Gasteiger partial charge in [-0.3, -0.25) is 9.36 Å². The molecule has 0 aromatic carbocycles. The van der Waals surface area contributed by atoms with Crippen LogP contribution in [-0.2, 0) is 39.4 Å². The van der Waals surface area contributed by atoms with Crippen LogP contribution >= 0.6 is 7.52 Å². The number of ether oxygens (including phenoxy) is 3. The molecule has 1 fully saturated rings. The standard InChI is InChI=1S/C24H39N6O7P/c1-15(2)35-22(31)18(6)37-38(33,29-24(9-7-8-10-24)23(32)36-16(3)4)14-34-17(5)11-30-13-28-19-20(25)26-12-27-21(19)30/h12-13,15-18H,7-11,14H2,1-6H3,(H,29,33)(H2,25,26,27)/t17-,18+,38-/m1/s1. The minimum absolute atomic E-state index is 0.266. The van der Waals surface area contributed by atoms with Crippen molar-refractivity contribution < 1.29 is 32.9 Å². The zero-order chi connectivity index (χ0) is 28.1. The SMILES string of the molecule is CC(C)OC(=O)[C@H](C)O[P@](=O)(CO[C@H](C)Cn1cnc2c(N)ncnc21)NC1(C(=O)OC(C)C)CCCC1. The molecule has 0 unspecified atom stereocenters. The molecule has 0 aliphatic heterocycles. The maximum absolute atomic E-state index is 14.2. The van der Waals surface area contributed by atoms with E-state index in [1.54, 1.807) is 45.5 Å². The molecule has 2 aromatic rings. The largest absolute Gasteiger partial charge is 0.462 e. The molecule has 0 spiro atoms. The Morgan fingerprint density at radius 2 is 1.74 bits per heavy atom. The molecule has 3 rings (SSSR count). The first-order valence-electron chi connectivity index (χ1n) is 12.9. The molecule has 2 heterocycles. The number of nitrogen functional groups attached to an aromatic ring is 1. The summed E-state index contributed by atoms with van der Waals surface area (Å²) in [5.74, 6) is -0.897. The van der Waals surface area contributed by atoms with E-state index < -0.39 is 43.6 Å². The monoisotopic (exact) mass is 554 g/mol. The van der Waals surface area contributed by atoms with Crippen LogP contribution in [0.15, 0.2) is 12.7 Å². The van der Waals surface area contributed by atoms with Gasteiger partial charge in [0.15, 0.2) is 17.6 Å². The number of rotatable bonds is 13. The van der Waals surface area contributed by atoms with Crippen LogP contribution in [0.4, 0.5) is 5.82 Å². The zero-order valence-electron chi connectivity index (χ0n) is 22.9. The van der Waals surface area contributed by atoms with Crippen molar-refractivity contribution in [2.75, 3.05) is 12.1 Å². The fourth-order valence-corrected chi connectivity index (χ4v) is 6.49. The fourth-order valence-electron chi connectivity index (χ4n) is 4.30. The second kappa shape index (κ2) is 12.5. The normalized spacial score (nSPS) is 18.4. The van der Waals surface area contributed by atoms with Crippen molar-refractivity contribution in [3.05, 3.63) is 12.7 Å². The summed E-state index contributed by atoms with van der Waals surface area (Å²) in [7, 11) is -3.93. The highest BCUT2D eigenvalue weighted by molar-refractivity contribution is 7.56. The summed E-state index contributed by atoms with van der Waals surface area (Å²) in [6, 6.07) is 0. The van der Waals surface area contributed by atoms with Crippen molar-refractivity contribution in [2.45, 2.75) is 104 Å². The molecule has 1 saturated carbocycles. The van der Waals surface area contributed by atoms with E-state index in [0.29, 0.717) is 30.6 Å². The Balaban J connectivity index is 1.79. The summed E-state index contributed by atoms with van der Waals surface area (Å²) < 4.78 is 38.4. The van der Waals surface area contributed by atoms with Crippen LogP contribution in [0.25, 0.3) is 11.2 Å². The number of nitrogens with one attached hydrogen (secondary N) is 1. The highest BCUT2D eigenvalue weighted by atomic mass is 31.2. The molecule has 1 aliphatic carbocycles. The first-order chi connectivity index (χ1) is 17.8. The maximum Gasteiger partial charge on any atom is 0.335 e. The Bertz CT molecular complexity index is 1160. The summed E-state index contributed by atoms with van der Waals surface area (Å²) in [6.45, 7) is 10.5. The van der Waals surface area contributed by atoms with Crippen LogP contribution in [0.1, 0.15) is 67.2 Å². The quantitative estimate of drug-likeness (QED) is 0.274. The Morgan fingerprint density at radius 3 is 2.37 bits per heavy atom. The molecule has 38 heavy (non-hydrogen) atoms. The predicted octanol–water partition coefficient (Wildman–Crippen LogP) is 3.17. The second-order valence-electron chi connectivity index (χ2n) is 10.2. The summed E-state index contributed by atoms with van der Waals surface area (Å²) in [5.41, 5.74) is 5.67. The number of nitrogens with zero attached hydrogens (tertiary/aromatic N) is 4. The first-order valence-corrected chi connectivity index (χ1v) is 14.7. The average Bonchev–Trinajstić information content (AvgIpc) is 3.46. The molecule has 3 atom stereocenters. The topological polar surface area (TPSA) is 170 Å². The van der Waals surface area contributed by atoms with E-state index in [1.165, 1.54) is 13.3 Å². The first kappa shape index (κ1) is 29.9. The van der Waals surface area contributed by atoms with Gasteiger partial charge in [0, 0.05) is 0 Å². The minimum atomic E-state index is -3.93. The zero-order valence-corrected chi connectivity index (χ0v) is 23.8. The maximum atomic E-state index is 14.2. The van der Waals surface area contributed by atoms with Crippen LogP contribution in [0.3, 0.4) is 0 Å². The summed E-state index contributed by atoms with van der Waals surface area (Å²) in [5, 5.41) is 2.97. The number of imidazole rings is 1. The number of carbonyl (C=O) groups is 2. The molecule has 0 amide bonds. The third kappa shape index (κ3) is 7.49. The summed E-state index contributed by atoms with van der Waals surface area (Å²) in [6.07, 6.45) is 2.53. The number of carbonyl (C=O) groups excluding carboxylic acids is 2. The average molecular weight is 555 g/mol. The smallest absolute Gasteiger partial charge is 0.335 e. The molecular formula is C24H39N6O7P. The van der Waals surface area contributed by atoms with Gasteiger partial charge in [0.25, 0.3) is 7.52 Å². The van der Waals surface area contributed by atoms with Crippen molar-refractivity contribution in [2.24, 2.45) is 0 Å². The Labute approximate surface area is 222 Å². The van der Waals surface area contributed by atoms with Crippen LogP contribution in [0, 0.1) is 0 Å². The molecule has 3 N–H and O–H groups in total. The lowest BCUT2D eigenvalue weighted by Crippen LogP contribution is -2.51. The summed E-state index contributed by atoms with van der Waals surface area (Å²) >= 11 is 0. The fraction of sp³-hybridized carbons (Fsp3) is 0.708. The van der Waals surface area contributed by atoms with E-state index in [1.807, 2.05) is 0 Å². The number of fused-ring (bicyclic) bond motifs is 1. The van der Waals surface area contributed by atoms with E-state index in [2.05, 4.69) is 20.0 Å². The third-order valence-electron chi connectivity index (χ3n) is 6.00. The van der Waals surface area contributed by atoms with Crippen molar-refractivity contribution in [3.8, 4) is 0 Å². The van der Waals surface area contributed by atoms with Crippen molar-refractivity contribution in [1.29, 1.82) is 0 Å². The predicted molar refractivity (Wildman–Crippen MR) is 140 cm³/mol. The highest BCUT2D eigenvalue weighted by Crippen LogP contribution is 2.49. The van der Waals surface area contributed by atoms with Crippen LogP contribution in [-0.4, -0.2) is 67.8 Å². The van der Waals surface area contributed by atoms with Crippen molar-refractivity contribution >= 4 is 36.4 Å². The van der Waals surface area contributed by atoms with Crippen molar-refractivity contribution in [3.63, 3.8) is 0 Å². The molecule has 0 bridgehead atoms. The van der Waals surface area contributed by atoms with Gasteiger partial charge >= 0.3 is 11.9 Å². The molecular weight excluding hydrogens is 515 g/mol. The Kier molecular flexibility index (Phi) is 9.85. The number of esters is 2. The summed E-state index contributed by atoms with van der Waals surface area (Å²) in [4.78, 5) is 38.0. The third-order valence-corrected chi connectivity index (χ3v) is 7.91. The number of nitrogens with two attached hydrogens (primary N) is 1. The van der Waals surface area contributed by atoms with Gasteiger partial charge in [0.2, 0.25) is 0 Å². The Hall–Kier alpha value is -2.60. The molecule has 0 saturated heterocycles. The second-order valence-corrected chi connectivity index (χ2v) is 12.2. The molecule has 1 aliphatic rings. The highest BCUT2D eigenvalue weighted by Gasteiger charge is 2.49. The van der Waals surface area contributed by atoms with Gasteiger partial charge < -0.3 is 29.0 Å². The number of aromatic nitrogens is 4. The molecule has 2 aromatic heterocycles. The van der Waals surface area contributed by atoms with Gasteiger partial charge in [-0.25, -0.2) is 24.8 Å². The van der Waals surface area contributed by atoms with Crippen LogP contribution < -0.4 is 10.8 Å². The number of hydrogen-bond acceptors (Lipinski definition) is 11. The molecule has 14 heteroatoms. The molecule has 212 valence electrons. The lowest BCUT2D eigenvalue weighted by atomic mass is 10.00. The van der Waals surface area contributed by atoms with Gasteiger partial charge in [-0.15, -0.1) is 0 Å². The molecule has 0 radical (unpaired) electrons. The van der Waals surface area contributed by atoms with Gasteiger partial charge in [-0.2, -0.15) is 0 Å². The van der Waals surface area contributed by atoms with Gasteiger partial charge in [0.05, 0.1) is 31.2 Å². The van der Waals surface area contributed by atoms with Crippen LogP contribution in [0.2, 0.25) is 0 Å². The minimum Gasteiger partial charge on any atom is -0.462 e. The van der Waals surface area contributed by atoms with Gasteiger partial charge in [-0.1, -0.05) is 12.8 Å². The van der Waals surface area contributed by atoms with Gasteiger partial charge in [0.1, 0.15) is 23.7 Å². The molecule has 13 nitrogen and oxygen atoms in total. The van der Waals surface area contributed by atoms with E-state index in [4.69, 9.17) is 24.5 Å². The van der Waals surface area contributed by atoms with E-state index in [-0.39, 0.29) is 18.0 Å². The lowest BCUT2D eigenvalue weighted by molar-refractivity contribution is -0.155. The van der Waals surface area contributed by atoms with E-state index >= 15 is 0 Å². The van der Waals surface area contributed by atoms with Crippen LogP contribution in [0.5, 0.6) is 0 Å². The van der Waals surface area contributed by atoms with E-state index in [0.717, 1.165) is 12.8 Å². The number of anilines is 1. The van der Waals surface area contributed by atoms with Gasteiger partial charge in [-0.05, 0) is 54.4 Å². The van der Waals surface area contributed by atoms with E-state index in [9.17, 15) is 14.2 Å². The number of hydrogen-bond donors (Lipinski definition) is 2. The van der Waals surface area contributed by atoms with Crippen molar-refractivity contribution in [1.82, 2.24) is 24.6 Å².